The molecule has 1 aromatic rings. The van der Waals surface area contributed by atoms with E-state index in [0.717, 1.165) is 6.54 Å². The molecule has 2 rings (SSSR count). The van der Waals surface area contributed by atoms with Crippen molar-refractivity contribution in [2.45, 2.75) is 19.3 Å². The molecule has 0 amide bonds. The molecule has 0 aromatic heterocycles. The molecule has 0 saturated carbocycles. The van der Waals surface area contributed by atoms with Gasteiger partial charge in [0.05, 0.1) is 23.7 Å². The number of rotatable bonds is 4. The number of benzene rings is 1. The summed E-state index contributed by atoms with van der Waals surface area (Å²) in [6.45, 7) is 3.77. The van der Waals surface area contributed by atoms with Crippen molar-refractivity contribution in [3.8, 4) is 0 Å². The number of halogens is 1. The number of quaternary nitrogens is 1. The second-order valence-electron chi connectivity index (χ2n) is 4.68. The highest BCUT2D eigenvalue weighted by Gasteiger charge is 2.15. The van der Waals surface area contributed by atoms with Crippen LogP contribution in [0.1, 0.15) is 29.6 Å². The molecule has 18 heavy (non-hydrogen) atoms. The third-order valence-electron chi connectivity index (χ3n) is 3.34. The number of carbonyl (C=O) groups is 1. The summed E-state index contributed by atoms with van der Waals surface area (Å²) in [6.07, 6.45) is 3.91. The number of esters is 1. The van der Waals surface area contributed by atoms with E-state index in [1.807, 2.05) is 0 Å². The van der Waals surface area contributed by atoms with Crippen molar-refractivity contribution >= 4 is 17.6 Å². The lowest BCUT2D eigenvalue weighted by Gasteiger charge is -2.23. The second-order valence-corrected chi connectivity index (χ2v) is 5.08. The summed E-state index contributed by atoms with van der Waals surface area (Å²) in [7, 11) is 0. The van der Waals surface area contributed by atoms with Crippen LogP contribution in [0.4, 0.5) is 0 Å². The Kier molecular flexibility index (Phi) is 5.02. The Morgan fingerprint density at radius 3 is 2.67 bits per heavy atom. The molecule has 0 bridgehead atoms. The minimum Gasteiger partial charge on any atom is -0.456 e. The number of likely N-dealkylation sites (tertiary alicyclic amines) is 1. The third kappa shape index (κ3) is 3.72. The maximum atomic E-state index is 11.8. The van der Waals surface area contributed by atoms with Crippen LogP contribution < -0.4 is 4.90 Å². The lowest BCUT2D eigenvalue weighted by molar-refractivity contribution is -0.905. The average Bonchev–Trinajstić information content (AvgIpc) is 2.40. The van der Waals surface area contributed by atoms with Crippen molar-refractivity contribution in [1.29, 1.82) is 0 Å². The number of nitrogens with one attached hydrogen (secondary N) is 1. The molecule has 1 saturated heterocycles. The fraction of sp³-hybridized carbons (Fsp3) is 0.500. The molecule has 0 radical (unpaired) electrons. The zero-order valence-corrected chi connectivity index (χ0v) is 11.2. The van der Waals surface area contributed by atoms with E-state index in [1.165, 1.54) is 37.3 Å². The van der Waals surface area contributed by atoms with Gasteiger partial charge in [-0.3, -0.25) is 0 Å². The quantitative estimate of drug-likeness (QED) is 0.841. The number of hydrogen-bond donors (Lipinski definition) is 1. The summed E-state index contributed by atoms with van der Waals surface area (Å²) in [5.41, 5.74) is 0.452. The van der Waals surface area contributed by atoms with Gasteiger partial charge in [0, 0.05) is 0 Å². The van der Waals surface area contributed by atoms with Gasteiger partial charge in [-0.2, -0.15) is 0 Å². The number of ether oxygens (including phenoxy) is 1. The number of hydrogen-bond acceptors (Lipinski definition) is 2. The molecule has 3 nitrogen and oxygen atoms in total. The van der Waals surface area contributed by atoms with Gasteiger partial charge in [-0.05, 0) is 31.4 Å². The van der Waals surface area contributed by atoms with Crippen LogP contribution in [0.15, 0.2) is 24.3 Å². The van der Waals surface area contributed by atoms with E-state index in [-0.39, 0.29) is 5.97 Å². The van der Waals surface area contributed by atoms with Crippen molar-refractivity contribution in [2.24, 2.45) is 0 Å². The first kappa shape index (κ1) is 13.4. The van der Waals surface area contributed by atoms with E-state index < -0.39 is 0 Å². The minimum atomic E-state index is -0.322. The van der Waals surface area contributed by atoms with Gasteiger partial charge >= 0.3 is 5.97 Å². The summed E-state index contributed by atoms with van der Waals surface area (Å²) in [4.78, 5) is 13.3. The van der Waals surface area contributed by atoms with Gasteiger partial charge in [0.15, 0.2) is 0 Å². The zero-order chi connectivity index (χ0) is 12.8. The predicted molar refractivity (Wildman–Crippen MR) is 71.1 cm³/mol. The molecule has 0 unspecified atom stereocenters. The van der Waals surface area contributed by atoms with Gasteiger partial charge in [0.1, 0.15) is 13.2 Å². The Balaban J connectivity index is 1.76. The SMILES string of the molecule is O=C(OCC[NH+]1CCCCC1)c1ccccc1Cl. The van der Waals surface area contributed by atoms with E-state index in [4.69, 9.17) is 16.3 Å². The lowest BCUT2D eigenvalue weighted by Crippen LogP contribution is -3.13. The minimum absolute atomic E-state index is 0.322. The fourth-order valence-electron chi connectivity index (χ4n) is 2.29. The van der Waals surface area contributed by atoms with Crippen molar-refractivity contribution in [3.63, 3.8) is 0 Å². The molecule has 1 aliphatic heterocycles. The van der Waals surface area contributed by atoms with Gasteiger partial charge in [-0.1, -0.05) is 23.7 Å². The fourth-order valence-corrected chi connectivity index (χ4v) is 2.51. The molecule has 1 fully saturated rings. The van der Waals surface area contributed by atoms with Gasteiger partial charge in [0.25, 0.3) is 0 Å². The van der Waals surface area contributed by atoms with Crippen molar-refractivity contribution in [3.05, 3.63) is 34.9 Å². The van der Waals surface area contributed by atoms with Gasteiger partial charge < -0.3 is 9.64 Å². The molecule has 1 heterocycles. The van der Waals surface area contributed by atoms with Crippen molar-refractivity contribution < 1.29 is 14.4 Å². The monoisotopic (exact) mass is 268 g/mol. The highest BCUT2D eigenvalue weighted by Crippen LogP contribution is 2.15. The first-order valence-electron chi connectivity index (χ1n) is 6.52. The summed E-state index contributed by atoms with van der Waals surface area (Å²) >= 11 is 5.94. The van der Waals surface area contributed by atoms with Crippen molar-refractivity contribution in [1.82, 2.24) is 0 Å². The molecule has 1 N–H and O–H groups in total. The molecule has 1 aromatic carbocycles. The van der Waals surface area contributed by atoms with Crippen LogP contribution in [0.2, 0.25) is 5.02 Å². The molecule has 4 heteroatoms. The normalized spacial score (nSPS) is 16.5. The van der Waals surface area contributed by atoms with Crippen LogP contribution in [0, 0.1) is 0 Å². The van der Waals surface area contributed by atoms with Gasteiger partial charge in [-0.15, -0.1) is 0 Å². The van der Waals surface area contributed by atoms with E-state index in [2.05, 4.69) is 0 Å². The Bertz CT molecular complexity index is 403. The standard InChI is InChI=1S/C14H18ClNO2/c15-13-7-3-2-6-12(13)14(17)18-11-10-16-8-4-1-5-9-16/h2-3,6-7H,1,4-5,8-11H2/p+1. The molecule has 0 spiro atoms. The second kappa shape index (κ2) is 6.76. The molecule has 0 aliphatic carbocycles. The Morgan fingerprint density at radius 2 is 1.94 bits per heavy atom. The molecular weight excluding hydrogens is 250 g/mol. The molecule has 1 aliphatic rings. The first-order chi connectivity index (χ1) is 8.77. The first-order valence-corrected chi connectivity index (χ1v) is 6.90. The van der Waals surface area contributed by atoms with Crippen LogP contribution in [-0.4, -0.2) is 32.2 Å². The predicted octanol–water partition coefficient (Wildman–Crippen LogP) is 1.57. The molecular formula is C14H19ClNO2+. The summed E-state index contributed by atoms with van der Waals surface area (Å²) in [5.74, 6) is -0.322. The van der Waals surface area contributed by atoms with E-state index >= 15 is 0 Å². The van der Waals surface area contributed by atoms with Crippen LogP contribution in [-0.2, 0) is 4.74 Å². The summed E-state index contributed by atoms with van der Waals surface area (Å²) in [5, 5.41) is 0.452. The third-order valence-corrected chi connectivity index (χ3v) is 3.67. The van der Waals surface area contributed by atoms with Gasteiger partial charge in [-0.25, -0.2) is 4.79 Å². The van der Waals surface area contributed by atoms with Crippen LogP contribution >= 0.6 is 11.6 Å². The van der Waals surface area contributed by atoms with E-state index in [9.17, 15) is 4.79 Å². The van der Waals surface area contributed by atoms with E-state index in [0.29, 0.717) is 17.2 Å². The van der Waals surface area contributed by atoms with Crippen LogP contribution in [0.5, 0.6) is 0 Å². The molecule has 0 atom stereocenters. The Hall–Kier alpha value is -1.06. The van der Waals surface area contributed by atoms with Crippen molar-refractivity contribution in [2.75, 3.05) is 26.2 Å². The largest absolute Gasteiger partial charge is 0.456 e. The highest BCUT2D eigenvalue weighted by molar-refractivity contribution is 6.33. The van der Waals surface area contributed by atoms with Crippen LogP contribution in [0.3, 0.4) is 0 Å². The Morgan fingerprint density at radius 1 is 1.22 bits per heavy atom. The highest BCUT2D eigenvalue weighted by atomic mass is 35.5. The smallest absolute Gasteiger partial charge is 0.339 e. The summed E-state index contributed by atoms with van der Waals surface area (Å²) in [6, 6.07) is 6.99. The number of piperidine rings is 1. The topological polar surface area (TPSA) is 30.7 Å². The number of carbonyl (C=O) groups excluding carboxylic acids is 1. The summed E-state index contributed by atoms with van der Waals surface area (Å²) < 4.78 is 5.27. The molecule has 98 valence electrons. The maximum Gasteiger partial charge on any atom is 0.339 e. The lowest BCUT2D eigenvalue weighted by atomic mass is 10.1. The van der Waals surface area contributed by atoms with E-state index in [1.54, 1.807) is 24.3 Å². The van der Waals surface area contributed by atoms with Crippen LogP contribution in [0.25, 0.3) is 0 Å². The van der Waals surface area contributed by atoms with Gasteiger partial charge in [0.2, 0.25) is 0 Å². The maximum absolute atomic E-state index is 11.8. The average molecular weight is 269 g/mol. The zero-order valence-electron chi connectivity index (χ0n) is 10.5. The Labute approximate surface area is 113 Å².